The van der Waals surface area contributed by atoms with Crippen LogP contribution in [0.4, 0.5) is 11.5 Å². The summed E-state index contributed by atoms with van der Waals surface area (Å²) in [6.07, 6.45) is 4.08. The maximum atomic E-state index is 13.0. The predicted molar refractivity (Wildman–Crippen MR) is 113 cm³/mol. The standard InChI is InChI=1S/C19H20N6O3.ClH/c1-2-7-25-16-15(18(27)24-19(25)28)12(8-13(23-16)10-3-4-10)17(26)22-11-5-6-14(20)21-9-11;/h5-6,8-10H,2-4,7H2,1H3,(H2,20,21)(H,22,26)(H,24,27,28);1H. The molecule has 9 nitrogen and oxygen atoms in total. The number of hydrogen-bond donors (Lipinski definition) is 3. The largest absolute Gasteiger partial charge is 0.384 e. The first-order chi connectivity index (χ1) is 13.5. The number of aryl methyl sites for hydroxylation is 1. The molecule has 3 aromatic heterocycles. The first-order valence-electron chi connectivity index (χ1n) is 9.18. The zero-order valence-corrected chi connectivity index (χ0v) is 16.6. The van der Waals surface area contributed by atoms with Crippen molar-refractivity contribution in [3.8, 4) is 0 Å². The van der Waals surface area contributed by atoms with E-state index >= 15 is 0 Å². The van der Waals surface area contributed by atoms with E-state index < -0.39 is 17.2 Å². The van der Waals surface area contributed by atoms with Crippen molar-refractivity contribution in [1.82, 2.24) is 19.5 Å². The number of nitrogen functional groups attached to an aromatic ring is 1. The van der Waals surface area contributed by atoms with Crippen molar-refractivity contribution >= 4 is 40.9 Å². The number of nitrogens with zero attached hydrogens (tertiary/aromatic N) is 3. The Morgan fingerprint density at radius 3 is 2.72 bits per heavy atom. The van der Waals surface area contributed by atoms with Crippen LogP contribution in [0.1, 0.15) is 48.2 Å². The number of hydrogen-bond acceptors (Lipinski definition) is 6. The average Bonchev–Trinajstić information content (AvgIpc) is 3.51. The molecule has 1 aliphatic rings. The van der Waals surface area contributed by atoms with Crippen molar-refractivity contribution in [2.75, 3.05) is 11.1 Å². The number of carbonyl (C=O) groups is 1. The summed E-state index contributed by atoms with van der Waals surface area (Å²) in [5, 5.41) is 2.84. The third-order valence-corrected chi connectivity index (χ3v) is 4.70. The Bertz CT molecular complexity index is 1180. The molecule has 0 saturated heterocycles. The zero-order chi connectivity index (χ0) is 19.8. The lowest BCUT2D eigenvalue weighted by Gasteiger charge is -2.13. The van der Waals surface area contributed by atoms with Crippen LogP contribution in [0.25, 0.3) is 11.0 Å². The van der Waals surface area contributed by atoms with Gasteiger partial charge in [0.15, 0.2) is 5.65 Å². The maximum Gasteiger partial charge on any atom is 0.329 e. The molecule has 1 fully saturated rings. The van der Waals surface area contributed by atoms with Crippen molar-refractivity contribution < 1.29 is 4.79 Å². The molecule has 29 heavy (non-hydrogen) atoms. The summed E-state index contributed by atoms with van der Waals surface area (Å²) in [6, 6.07) is 4.85. The van der Waals surface area contributed by atoms with Crippen molar-refractivity contribution in [2.45, 2.75) is 38.6 Å². The molecule has 152 valence electrons. The minimum Gasteiger partial charge on any atom is -0.384 e. The van der Waals surface area contributed by atoms with Gasteiger partial charge in [-0.05, 0) is 37.5 Å². The number of halogens is 1. The van der Waals surface area contributed by atoms with Crippen LogP contribution < -0.4 is 22.3 Å². The Labute approximate surface area is 171 Å². The highest BCUT2D eigenvalue weighted by Gasteiger charge is 2.28. The van der Waals surface area contributed by atoms with Crippen LogP contribution in [-0.4, -0.2) is 25.4 Å². The molecule has 4 rings (SSSR count). The second-order valence-corrected chi connectivity index (χ2v) is 6.90. The number of nitrogens with one attached hydrogen (secondary N) is 2. The molecule has 1 saturated carbocycles. The normalized spacial score (nSPS) is 13.1. The molecule has 0 spiro atoms. The number of aromatic amines is 1. The molecule has 1 aliphatic carbocycles. The van der Waals surface area contributed by atoms with Gasteiger partial charge in [-0.1, -0.05) is 6.92 Å². The van der Waals surface area contributed by atoms with E-state index in [1.807, 2.05) is 6.92 Å². The van der Waals surface area contributed by atoms with Gasteiger partial charge in [0, 0.05) is 18.2 Å². The molecule has 0 aromatic carbocycles. The highest BCUT2D eigenvalue weighted by Crippen LogP contribution is 2.40. The Balaban J connectivity index is 0.00000240. The molecule has 0 bridgehead atoms. The van der Waals surface area contributed by atoms with E-state index in [1.54, 1.807) is 18.2 Å². The number of H-pyrrole nitrogens is 1. The molecule has 10 heteroatoms. The summed E-state index contributed by atoms with van der Waals surface area (Å²) in [5.74, 6) is 0.120. The van der Waals surface area contributed by atoms with E-state index in [-0.39, 0.29) is 34.9 Å². The second-order valence-electron chi connectivity index (χ2n) is 6.90. The number of rotatable bonds is 5. The average molecular weight is 417 g/mol. The minimum absolute atomic E-state index is 0. The first kappa shape index (κ1) is 20.5. The summed E-state index contributed by atoms with van der Waals surface area (Å²) >= 11 is 0. The smallest absolute Gasteiger partial charge is 0.329 e. The number of pyridine rings is 2. The fourth-order valence-electron chi connectivity index (χ4n) is 3.17. The van der Waals surface area contributed by atoms with Gasteiger partial charge in [-0.25, -0.2) is 14.8 Å². The van der Waals surface area contributed by atoms with E-state index in [0.29, 0.717) is 24.5 Å². The molecule has 4 N–H and O–H groups in total. The molecule has 0 aliphatic heterocycles. The monoisotopic (exact) mass is 416 g/mol. The van der Waals surface area contributed by atoms with Gasteiger partial charge in [0.2, 0.25) is 0 Å². The van der Waals surface area contributed by atoms with Gasteiger partial charge >= 0.3 is 5.69 Å². The highest BCUT2D eigenvalue weighted by molar-refractivity contribution is 6.11. The number of fused-ring (bicyclic) bond motifs is 1. The Hall–Kier alpha value is -3.20. The quantitative estimate of drug-likeness (QED) is 0.582. The number of carbonyl (C=O) groups excluding carboxylic acids is 1. The van der Waals surface area contributed by atoms with E-state index in [9.17, 15) is 14.4 Å². The fourth-order valence-corrected chi connectivity index (χ4v) is 3.17. The van der Waals surface area contributed by atoms with Gasteiger partial charge in [0.05, 0.1) is 22.8 Å². The lowest BCUT2D eigenvalue weighted by atomic mass is 10.1. The molecule has 0 unspecified atom stereocenters. The molecular weight excluding hydrogens is 396 g/mol. The summed E-state index contributed by atoms with van der Waals surface area (Å²) < 4.78 is 1.42. The third kappa shape index (κ3) is 4.00. The van der Waals surface area contributed by atoms with E-state index in [4.69, 9.17) is 5.73 Å². The van der Waals surface area contributed by atoms with Crippen LogP contribution in [0.15, 0.2) is 34.0 Å². The van der Waals surface area contributed by atoms with Crippen LogP contribution in [0.2, 0.25) is 0 Å². The lowest BCUT2D eigenvalue weighted by Crippen LogP contribution is -2.32. The molecule has 3 aromatic rings. The van der Waals surface area contributed by atoms with Crippen LogP contribution in [0.5, 0.6) is 0 Å². The third-order valence-electron chi connectivity index (χ3n) is 4.70. The first-order valence-corrected chi connectivity index (χ1v) is 9.18. The predicted octanol–water partition coefficient (Wildman–Crippen LogP) is 2.02. The van der Waals surface area contributed by atoms with Crippen molar-refractivity contribution in [3.63, 3.8) is 0 Å². The molecule has 3 heterocycles. The topological polar surface area (TPSA) is 136 Å². The van der Waals surface area contributed by atoms with Gasteiger partial charge in [0.1, 0.15) is 5.82 Å². The van der Waals surface area contributed by atoms with E-state index in [2.05, 4.69) is 20.3 Å². The molecule has 0 atom stereocenters. The Morgan fingerprint density at radius 1 is 1.34 bits per heavy atom. The zero-order valence-electron chi connectivity index (χ0n) is 15.8. The molecule has 0 radical (unpaired) electrons. The van der Waals surface area contributed by atoms with Gasteiger partial charge in [0.25, 0.3) is 11.5 Å². The Morgan fingerprint density at radius 2 is 2.10 bits per heavy atom. The van der Waals surface area contributed by atoms with Gasteiger partial charge < -0.3 is 11.1 Å². The van der Waals surface area contributed by atoms with Crippen molar-refractivity contribution in [1.29, 1.82) is 0 Å². The number of amides is 1. The van der Waals surface area contributed by atoms with Crippen molar-refractivity contribution in [3.05, 3.63) is 56.5 Å². The van der Waals surface area contributed by atoms with Gasteiger partial charge in [-0.15, -0.1) is 12.4 Å². The van der Waals surface area contributed by atoms with Crippen molar-refractivity contribution in [2.24, 2.45) is 0 Å². The Kier molecular flexibility index (Phi) is 5.69. The highest BCUT2D eigenvalue weighted by atomic mass is 35.5. The van der Waals surface area contributed by atoms with Gasteiger partial charge in [-0.3, -0.25) is 19.1 Å². The van der Waals surface area contributed by atoms with E-state index in [0.717, 1.165) is 18.5 Å². The molecule has 1 amide bonds. The second kappa shape index (κ2) is 8.04. The van der Waals surface area contributed by atoms with Crippen LogP contribution in [-0.2, 0) is 6.54 Å². The van der Waals surface area contributed by atoms with E-state index in [1.165, 1.54) is 10.8 Å². The minimum atomic E-state index is -0.622. The van der Waals surface area contributed by atoms with Crippen LogP contribution >= 0.6 is 12.4 Å². The summed E-state index contributed by atoms with van der Waals surface area (Å²) in [7, 11) is 0. The summed E-state index contributed by atoms with van der Waals surface area (Å²) in [5.41, 5.74) is 6.05. The summed E-state index contributed by atoms with van der Waals surface area (Å²) in [6.45, 7) is 2.33. The number of nitrogens with two attached hydrogens (primary N) is 1. The fraction of sp³-hybridized carbons (Fsp3) is 0.316. The summed E-state index contributed by atoms with van der Waals surface area (Å²) in [4.78, 5) is 48.6. The van der Waals surface area contributed by atoms with Crippen LogP contribution in [0, 0.1) is 0 Å². The lowest BCUT2D eigenvalue weighted by molar-refractivity contribution is 0.102. The number of aromatic nitrogens is 4. The maximum absolute atomic E-state index is 13.0. The number of anilines is 2. The molecular formula is C19H21ClN6O3. The van der Waals surface area contributed by atoms with Gasteiger partial charge in [-0.2, -0.15) is 0 Å². The SMILES string of the molecule is CCCn1c(=O)[nH]c(=O)c2c(C(=O)Nc3ccc(N)nc3)cc(C3CC3)nc21.Cl. The van der Waals surface area contributed by atoms with Crippen LogP contribution in [0.3, 0.4) is 0 Å².